The molecule has 164 valence electrons. The molecule has 6 heteroatoms. The molecular weight excluding hydrogens is 398 g/mol. The zero-order chi connectivity index (χ0) is 21.5. The highest BCUT2D eigenvalue weighted by Gasteiger charge is 2.42. The van der Waals surface area contributed by atoms with Gasteiger partial charge in [0.05, 0.1) is 30.4 Å². The summed E-state index contributed by atoms with van der Waals surface area (Å²) in [4.78, 5) is 14.6. The summed E-state index contributed by atoms with van der Waals surface area (Å²) in [5.41, 5.74) is 4.72. The van der Waals surface area contributed by atoms with Crippen LogP contribution in [-0.4, -0.2) is 57.8 Å². The van der Waals surface area contributed by atoms with Gasteiger partial charge in [0.2, 0.25) is 0 Å². The maximum atomic E-state index is 6.03. The fourth-order valence-corrected chi connectivity index (χ4v) is 5.43. The van der Waals surface area contributed by atoms with Crippen molar-refractivity contribution in [3.63, 3.8) is 0 Å². The number of para-hydroxylation sites is 2. The van der Waals surface area contributed by atoms with Crippen molar-refractivity contribution in [1.29, 1.82) is 0 Å². The number of aryl methyl sites for hydroxylation is 1. The standard InChI is InChI=1S/C26H29N5O/c1-29-12-9-21-20(5-4-8-24(21)29)18-31-15-16-32-19-26(31)10-13-30(14-11-26)25-17-27-22-6-2-3-7-23(22)28-25/h2-9,12,17H,10-11,13-16,18-19H2,1H3. The Morgan fingerprint density at radius 2 is 1.81 bits per heavy atom. The van der Waals surface area contributed by atoms with Crippen molar-refractivity contribution < 1.29 is 4.74 Å². The Balaban J connectivity index is 1.23. The third-order valence-electron chi connectivity index (χ3n) is 7.38. The van der Waals surface area contributed by atoms with E-state index < -0.39 is 0 Å². The topological polar surface area (TPSA) is 46.4 Å². The third kappa shape index (κ3) is 3.34. The lowest BCUT2D eigenvalue weighted by atomic mass is 9.85. The van der Waals surface area contributed by atoms with E-state index in [0.29, 0.717) is 0 Å². The number of aromatic nitrogens is 3. The van der Waals surface area contributed by atoms with Crippen LogP contribution in [0.15, 0.2) is 60.9 Å². The highest BCUT2D eigenvalue weighted by atomic mass is 16.5. The second kappa shape index (κ2) is 7.87. The molecule has 2 aliphatic heterocycles. The number of rotatable bonds is 3. The number of morpholine rings is 1. The van der Waals surface area contributed by atoms with Gasteiger partial charge in [-0.15, -0.1) is 0 Å². The average Bonchev–Trinajstić information content (AvgIpc) is 3.22. The van der Waals surface area contributed by atoms with Gasteiger partial charge in [0.25, 0.3) is 0 Å². The fraction of sp³-hybridized carbons (Fsp3) is 0.385. The second-order valence-corrected chi connectivity index (χ2v) is 9.18. The van der Waals surface area contributed by atoms with Gasteiger partial charge in [-0.2, -0.15) is 0 Å². The number of hydrogen-bond acceptors (Lipinski definition) is 5. The largest absolute Gasteiger partial charge is 0.378 e. The Kier molecular flexibility index (Phi) is 4.85. The summed E-state index contributed by atoms with van der Waals surface area (Å²) in [6.07, 6.45) is 6.23. The lowest BCUT2D eigenvalue weighted by molar-refractivity contribution is -0.0841. The van der Waals surface area contributed by atoms with E-state index >= 15 is 0 Å². The van der Waals surface area contributed by atoms with E-state index in [-0.39, 0.29) is 5.54 Å². The Labute approximate surface area is 188 Å². The van der Waals surface area contributed by atoms with Crippen molar-refractivity contribution in [3.8, 4) is 0 Å². The highest BCUT2D eigenvalue weighted by Crippen LogP contribution is 2.35. The third-order valence-corrected chi connectivity index (χ3v) is 7.38. The van der Waals surface area contributed by atoms with Crippen LogP contribution in [0.25, 0.3) is 21.9 Å². The monoisotopic (exact) mass is 427 g/mol. The predicted molar refractivity (Wildman–Crippen MR) is 128 cm³/mol. The van der Waals surface area contributed by atoms with E-state index in [2.05, 4.69) is 56.9 Å². The van der Waals surface area contributed by atoms with E-state index in [1.54, 1.807) is 0 Å². The number of nitrogens with zero attached hydrogens (tertiary/aromatic N) is 5. The van der Waals surface area contributed by atoms with Gasteiger partial charge in [-0.05, 0) is 42.7 Å². The van der Waals surface area contributed by atoms with Gasteiger partial charge >= 0.3 is 0 Å². The molecule has 0 radical (unpaired) electrons. The summed E-state index contributed by atoms with van der Waals surface area (Å²) < 4.78 is 8.23. The maximum absolute atomic E-state index is 6.03. The maximum Gasteiger partial charge on any atom is 0.147 e. The summed E-state index contributed by atoms with van der Waals surface area (Å²) >= 11 is 0. The molecule has 0 amide bonds. The van der Waals surface area contributed by atoms with Crippen LogP contribution in [0.1, 0.15) is 18.4 Å². The minimum absolute atomic E-state index is 0.0932. The molecule has 2 saturated heterocycles. The van der Waals surface area contributed by atoms with E-state index in [1.807, 2.05) is 30.5 Å². The number of anilines is 1. The molecule has 2 aromatic heterocycles. The normalized spacial score (nSPS) is 19.2. The lowest BCUT2D eigenvalue weighted by Gasteiger charge is -2.51. The first-order chi connectivity index (χ1) is 15.7. The van der Waals surface area contributed by atoms with Gasteiger partial charge < -0.3 is 14.2 Å². The number of benzene rings is 2. The lowest BCUT2D eigenvalue weighted by Crippen LogP contribution is -2.61. The molecule has 0 atom stereocenters. The summed E-state index contributed by atoms with van der Waals surface area (Å²) in [7, 11) is 2.12. The van der Waals surface area contributed by atoms with Gasteiger partial charge in [0.1, 0.15) is 5.82 Å². The predicted octanol–water partition coefficient (Wildman–Crippen LogP) is 3.99. The molecule has 1 spiro atoms. The van der Waals surface area contributed by atoms with E-state index in [1.165, 1.54) is 16.5 Å². The first-order valence-electron chi connectivity index (χ1n) is 11.5. The number of hydrogen-bond donors (Lipinski definition) is 0. The minimum atomic E-state index is 0.0932. The molecule has 6 nitrogen and oxygen atoms in total. The van der Waals surface area contributed by atoms with Gasteiger partial charge in [-0.3, -0.25) is 9.88 Å². The van der Waals surface area contributed by atoms with E-state index in [4.69, 9.17) is 9.72 Å². The SMILES string of the molecule is Cn1ccc2c(CN3CCOCC34CCN(c3cnc5ccccc5n3)CC4)cccc21. The van der Waals surface area contributed by atoms with Crippen molar-refractivity contribution in [3.05, 3.63) is 66.5 Å². The van der Waals surface area contributed by atoms with Gasteiger partial charge in [-0.1, -0.05) is 24.3 Å². The molecule has 0 unspecified atom stereocenters. The molecule has 0 N–H and O–H groups in total. The minimum Gasteiger partial charge on any atom is -0.378 e. The second-order valence-electron chi connectivity index (χ2n) is 9.18. The molecule has 4 aromatic rings. The number of ether oxygens (including phenoxy) is 1. The molecule has 32 heavy (non-hydrogen) atoms. The average molecular weight is 428 g/mol. The molecule has 2 aromatic carbocycles. The van der Waals surface area contributed by atoms with Crippen LogP contribution in [-0.2, 0) is 18.3 Å². The molecular formula is C26H29N5O. The summed E-state index contributed by atoms with van der Waals surface area (Å²) in [5, 5.41) is 1.36. The Morgan fingerprint density at radius 3 is 2.69 bits per heavy atom. The Hall–Kier alpha value is -2.96. The Morgan fingerprint density at radius 1 is 0.969 bits per heavy atom. The summed E-state index contributed by atoms with van der Waals surface area (Å²) in [5.74, 6) is 0.982. The van der Waals surface area contributed by atoms with Crippen LogP contribution in [0, 0.1) is 0 Å². The van der Waals surface area contributed by atoms with Crippen molar-refractivity contribution in [2.45, 2.75) is 24.9 Å². The quantitative estimate of drug-likeness (QED) is 0.495. The summed E-state index contributed by atoms with van der Waals surface area (Å²) in [6.45, 7) is 5.53. The van der Waals surface area contributed by atoms with Crippen LogP contribution in [0.3, 0.4) is 0 Å². The first kappa shape index (κ1) is 19.7. The van der Waals surface area contributed by atoms with Crippen LogP contribution >= 0.6 is 0 Å². The number of fused-ring (bicyclic) bond motifs is 2. The number of piperidine rings is 1. The first-order valence-corrected chi connectivity index (χ1v) is 11.5. The smallest absolute Gasteiger partial charge is 0.147 e. The van der Waals surface area contributed by atoms with Crippen LogP contribution in [0.2, 0.25) is 0 Å². The molecule has 4 heterocycles. The molecule has 0 saturated carbocycles. The van der Waals surface area contributed by atoms with Crippen molar-refractivity contribution in [1.82, 2.24) is 19.4 Å². The zero-order valence-corrected chi connectivity index (χ0v) is 18.6. The van der Waals surface area contributed by atoms with Gasteiger partial charge in [0.15, 0.2) is 0 Å². The van der Waals surface area contributed by atoms with Crippen LogP contribution in [0.5, 0.6) is 0 Å². The zero-order valence-electron chi connectivity index (χ0n) is 18.6. The molecule has 0 bridgehead atoms. The molecule has 2 aliphatic rings. The molecule has 2 fully saturated rings. The van der Waals surface area contributed by atoms with Crippen LogP contribution in [0.4, 0.5) is 5.82 Å². The van der Waals surface area contributed by atoms with Gasteiger partial charge in [0, 0.05) is 55.9 Å². The highest BCUT2D eigenvalue weighted by molar-refractivity contribution is 5.83. The van der Waals surface area contributed by atoms with Crippen LogP contribution < -0.4 is 4.90 Å². The molecule has 6 rings (SSSR count). The van der Waals surface area contributed by atoms with Crippen molar-refractivity contribution in [2.24, 2.45) is 7.05 Å². The van der Waals surface area contributed by atoms with Crippen molar-refractivity contribution in [2.75, 3.05) is 37.7 Å². The summed E-state index contributed by atoms with van der Waals surface area (Å²) in [6, 6.07) is 17.0. The Bertz CT molecular complexity index is 1260. The van der Waals surface area contributed by atoms with E-state index in [9.17, 15) is 0 Å². The molecule has 0 aliphatic carbocycles. The fourth-order valence-electron chi connectivity index (χ4n) is 5.43. The van der Waals surface area contributed by atoms with Crippen molar-refractivity contribution >= 4 is 27.8 Å². The van der Waals surface area contributed by atoms with E-state index in [0.717, 1.165) is 69.1 Å². The van der Waals surface area contributed by atoms with Gasteiger partial charge in [-0.25, -0.2) is 4.98 Å².